The van der Waals surface area contributed by atoms with E-state index in [0.717, 1.165) is 4.47 Å². The van der Waals surface area contributed by atoms with Gasteiger partial charge in [0.2, 0.25) is 0 Å². The van der Waals surface area contributed by atoms with E-state index in [0.29, 0.717) is 23.1 Å². The maximum atomic E-state index is 12.0. The summed E-state index contributed by atoms with van der Waals surface area (Å²) in [5, 5.41) is 9.99. The Labute approximate surface area is 134 Å². The van der Waals surface area contributed by atoms with Gasteiger partial charge in [-0.3, -0.25) is 4.79 Å². The lowest BCUT2D eigenvalue weighted by Crippen LogP contribution is -2.26. The quantitative estimate of drug-likeness (QED) is 0.741. The van der Waals surface area contributed by atoms with Crippen molar-refractivity contribution in [1.82, 2.24) is 4.98 Å². The van der Waals surface area contributed by atoms with Gasteiger partial charge in [0.05, 0.1) is 10.0 Å². The molecule has 1 heterocycles. The maximum Gasteiger partial charge on any atom is 0.168 e. The van der Waals surface area contributed by atoms with Crippen molar-refractivity contribution in [3.8, 4) is 0 Å². The lowest BCUT2D eigenvalue weighted by molar-refractivity contribution is -0.117. The van der Waals surface area contributed by atoms with Crippen molar-refractivity contribution >= 4 is 49.7 Å². The molecule has 0 saturated heterocycles. The molecule has 0 unspecified atom stereocenters. The van der Waals surface area contributed by atoms with Gasteiger partial charge in [-0.05, 0) is 43.3 Å². The van der Waals surface area contributed by atoms with Gasteiger partial charge >= 0.3 is 0 Å². The molecule has 0 atom stereocenters. The van der Waals surface area contributed by atoms with Gasteiger partial charge in [0.25, 0.3) is 0 Å². The van der Waals surface area contributed by atoms with Crippen LogP contribution in [-0.2, 0) is 4.79 Å². The fourth-order valence-electron chi connectivity index (χ4n) is 2.08. The van der Waals surface area contributed by atoms with Crippen LogP contribution >= 0.6 is 31.9 Å². The topological polar surface area (TPSA) is 62.5 Å². The number of aliphatic hydroxyl groups is 1. The van der Waals surface area contributed by atoms with Gasteiger partial charge in [0.15, 0.2) is 11.6 Å². The number of aliphatic hydroxyl groups excluding tert-OH is 1. The molecule has 2 rings (SSSR count). The van der Waals surface area contributed by atoms with E-state index in [-0.39, 0.29) is 22.5 Å². The van der Waals surface area contributed by atoms with E-state index in [4.69, 9.17) is 0 Å². The number of pyridine rings is 1. The number of rotatable bonds is 2. The van der Waals surface area contributed by atoms with Crippen LogP contribution in [0, 0.1) is 5.41 Å². The van der Waals surface area contributed by atoms with Crippen LogP contribution in [0.25, 0.3) is 0 Å². The summed E-state index contributed by atoms with van der Waals surface area (Å²) in [6, 6.07) is 1.82. The second-order valence-electron chi connectivity index (χ2n) is 5.52. The molecule has 0 spiro atoms. The van der Waals surface area contributed by atoms with Crippen LogP contribution in [0.2, 0.25) is 0 Å². The highest BCUT2D eigenvalue weighted by Gasteiger charge is 2.32. The van der Waals surface area contributed by atoms with Crippen LogP contribution < -0.4 is 0 Å². The smallest absolute Gasteiger partial charge is 0.168 e. The van der Waals surface area contributed by atoms with Gasteiger partial charge in [-0.25, -0.2) is 9.98 Å². The zero-order valence-electron chi connectivity index (χ0n) is 11.2. The third kappa shape index (κ3) is 3.55. The first-order chi connectivity index (χ1) is 9.28. The molecular weight excluding hydrogens is 388 g/mol. The van der Waals surface area contributed by atoms with Crippen molar-refractivity contribution in [3.63, 3.8) is 0 Å². The summed E-state index contributed by atoms with van der Waals surface area (Å²) in [6.45, 7) is 3.92. The van der Waals surface area contributed by atoms with Gasteiger partial charge in [0.1, 0.15) is 5.76 Å². The lowest BCUT2D eigenvalue weighted by Gasteiger charge is -2.28. The molecular formula is C14H14Br2N2O2. The van der Waals surface area contributed by atoms with Gasteiger partial charge in [0, 0.05) is 29.7 Å². The number of carbonyl (C=O) groups is 1. The molecule has 1 aliphatic rings. The number of aliphatic imine (C=N–C) groups is 1. The van der Waals surface area contributed by atoms with E-state index in [1.807, 2.05) is 19.9 Å². The number of ketones is 1. The number of allylic oxidation sites excluding steroid dienone is 2. The lowest BCUT2D eigenvalue weighted by atomic mass is 9.77. The molecule has 0 saturated carbocycles. The average Bonchev–Trinajstić information content (AvgIpc) is 2.28. The predicted octanol–water partition coefficient (Wildman–Crippen LogP) is 4.51. The minimum atomic E-state index is -0.199. The SMILES string of the molecule is CC1(C)CC(=O)C(/C=N/c2ncc(Br)cc2Br)=C(O)C1. The molecule has 1 aromatic heterocycles. The summed E-state index contributed by atoms with van der Waals surface area (Å²) in [6.07, 6.45) is 3.91. The standard InChI is InChI=1S/C14H14Br2N2O2/c1-14(2)4-11(19)9(12(20)5-14)7-18-13-10(16)3-8(15)6-17-13/h3,6-7,19H,4-5H2,1-2H3/b18-7+. The first-order valence-electron chi connectivity index (χ1n) is 6.09. The van der Waals surface area contributed by atoms with Crippen LogP contribution in [0.1, 0.15) is 26.7 Å². The molecule has 0 aliphatic heterocycles. The molecule has 0 aromatic carbocycles. The van der Waals surface area contributed by atoms with Gasteiger partial charge in [-0.15, -0.1) is 0 Å². The molecule has 106 valence electrons. The van der Waals surface area contributed by atoms with Crippen molar-refractivity contribution in [2.24, 2.45) is 10.4 Å². The number of nitrogens with zero attached hydrogens (tertiary/aromatic N) is 2. The highest BCUT2D eigenvalue weighted by atomic mass is 79.9. The normalized spacial score (nSPS) is 18.9. The number of Topliss-reactive ketones (excluding diaryl/α,β-unsaturated/α-hetero) is 1. The zero-order valence-corrected chi connectivity index (χ0v) is 14.3. The summed E-state index contributed by atoms with van der Waals surface area (Å²) >= 11 is 6.66. The van der Waals surface area contributed by atoms with E-state index in [9.17, 15) is 9.90 Å². The summed E-state index contributed by atoms with van der Waals surface area (Å²) < 4.78 is 1.55. The highest BCUT2D eigenvalue weighted by Crippen LogP contribution is 2.35. The van der Waals surface area contributed by atoms with Gasteiger partial charge in [-0.2, -0.15) is 0 Å². The Morgan fingerprint density at radius 1 is 1.40 bits per heavy atom. The van der Waals surface area contributed by atoms with Crippen LogP contribution in [0.3, 0.4) is 0 Å². The average molecular weight is 402 g/mol. The summed E-state index contributed by atoms with van der Waals surface area (Å²) in [5.41, 5.74) is 0.0792. The Kier molecular flexibility index (Phi) is 4.44. The van der Waals surface area contributed by atoms with Crippen molar-refractivity contribution in [2.45, 2.75) is 26.7 Å². The molecule has 20 heavy (non-hydrogen) atoms. The molecule has 0 bridgehead atoms. The van der Waals surface area contributed by atoms with Crippen molar-refractivity contribution < 1.29 is 9.90 Å². The molecule has 4 nitrogen and oxygen atoms in total. The molecule has 0 amide bonds. The number of carbonyl (C=O) groups excluding carboxylic acids is 1. The van der Waals surface area contributed by atoms with E-state index >= 15 is 0 Å². The Morgan fingerprint density at radius 2 is 2.10 bits per heavy atom. The van der Waals surface area contributed by atoms with E-state index in [1.54, 1.807) is 6.20 Å². The Bertz CT molecular complexity index is 622. The number of halogens is 2. The fourth-order valence-corrected chi connectivity index (χ4v) is 3.17. The van der Waals surface area contributed by atoms with Crippen LogP contribution in [-0.4, -0.2) is 22.1 Å². The third-order valence-corrected chi connectivity index (χ3v) is 4.02. The second kappa shape index (κ2) is 5.77. The number of hydrogen-bond acceptors (Lipinski definition) is 4. The van der Waals surface area contributed by atoms with Crippen LogP contribution in [0.15, 0.2) is 37.5 Å². The minimum Gasteiger partial charge on any atom is -0.511 e. The van der Waals surface area contributed by atoms with Crippen LogP contribution in [0.4, 0.5) is 5.82 Å². The number of hydrogen-bond donors (Lipinski definition) is 1. The Hall–Kier alpha value is -1.01. The monoisotopic (exact) mass is 400 g/mol. The van der Waals surface area contributed by atoms with Crippen molar-refractivity contribution in [2.75, 3.05) is 0 Å². The van der Waals surface area contributed by atoms with E-state index in [2.05, 4.69) is 41.8 Å². The van der Waals surface area contributed by atoms with Gasteiger partial charge in [-0.1, -0.05) is 13.8 Å². The summed E-state index contributed by atoms with van der Waals surface area (Å²) in [7, 11) is 0. The highest BCUT2D eigenvalue weighted by molar-refractivity contribution is 9.11. The van der Waals surface area contributed by atoms with Crippen molar-refractivity contribution in [1.29, 1.82) is 0 Å². The zero-order chi connectivity index (χ0) is 14.9. The number of aromatic nitrogens is 1. The summed E-state index contributed by atoms with van der Waals surface area (Å²) in [4.78, 5) is 20.3. The molecule has 1 N–H and O–H groups in total. The Morgan fingerprint density at radius 3 is 2.70 bits per heavy atom. The largest absolute Gasteiger partial charge is 0.511 e. The van der Waals surface area contributed by atoms with E-state index in [1.165, 1.54) is 6.21 Å². The predicted molar refractivity (Wildman–Crippen MR) is 85.5 cm³/mol. The van der Waals surface area contributed by atoms with Gasteiger partial charge < -0.3 is 5.11 Å². The maximum absolute atomic E-state index is 12.0. The minimum absolute atomic E-state index is 0.0873. The third-order valence-electron chi connectivity index (χ3n) is 3.00. The first-order valence-corrected chi connectivity index (χ1v) is 7.67. The first kappa shape index (κ1) is 15.4. The van der Waals surface area contributed by atoms with Crippen molar-refractivity contribution in [3.05, 3.63) is 32.5 Å². The molecule has 1 aromatic rings. The summed E-state index contributed by atoms with van der Waals surface area (Å²) in [5.74, 6) is 0.477. The molecule has 0 radical (unpaired) electrons. The molecule has 6 heteroatoms. The molecule has 0 fully saturated rings. The second-order valence-corrected chi connectivity index (χ2v) is 7.29. The van der Waals surface area contributed by atoms with Crippen LogP contribution in [0.5, 0.6) is 0 Å². The fraction of sp³-hybridized carbons (Fsp3) is 0.357. The van der Waals surface area contributed by atoms with E-state index < -0.39 is 0 Å². The molecule has 1 aliphatic carbocycles. The Balaban J connectivity index is 2.29.